The summed E-state index contributed by atoms with van der Waals surface area (Å²) in [4.78, 5) is 14.1. The van der Waals surface area contributed by atoms with E-state index in [2.05, 4.69) is 5.32 Å². The molecule has 2 aliphatic heterocycles. The molecule has 2 aliphatic rings. The number of nitrogens with one attached hydrogen (secondary N) is 1. The van der Waals surface area contributed by atoms with Crippen LogP contribution in [0.2, 0.25) is 0 Å². The lowest BCUT2D eigenvalue weighted by atomic mass is 10.1. The molecule has 0 unspecified atom stereocenters. The lowest BCUT2D eigenvalue weighted by Crippen LogP contribution is -2.32. The number of carbonyl (C=O) groups excluding carboxylic acids is 1. The summed E-state index contributed by atoms with van der Waals surface area (Å²) in [5.74, 6) is 1.60. The van der Waals surface area contributed by atoms with Crippen molar-refractivity contribution < 1.29 is 14.3 Å². The largest absolute Gasteiger partial charge is 0.454 e. The summed E-state index contributed by atoms with van der Waals surface area (Å²) in [6, 6.07) is 5.77. The number of para-hydroxylation sites is 1. The highest BCUT2D eigenvalue weighted by Gasteiger charge is 2.21. The molecular formula is C15H18N2O3. The summed E-state index contributed by atoms with van der Waals surface area (Å²) in [6.45, 7) is 2.41. The number of likely N-dealkylation sites (N-methyl/N-ethyl adjacent to an activating group) is 1. The Hall–Kier alpha value is -2.01. The van der Waals surface area contributed by atoms with Gasteiger partial charge in [0.25, 0.3) is 0 Å². The zero-order valence-corrected chi connectivity index (χ0v) is 11.5. The third-order valence-corrected chi connectivity index (χ3v) is 3.57. The minimum Gasteiger partial charge on any atom is -0.454 e. The van der Waals surface area contributed by atoms with Gasteiger partial charge < -0.3 is 19.7 Å². The van der Waals surface area contributed by atoms with Crippen molar-refractivity contribution >= 4 is 5.91 Å². The van der Waals surface area contributed by atoms with E-state index in [0.717, 1.165) is 42.1 Å². The van der Waals surface area contributed by atoms with Crippen molar-refractivity contribution in [2.24, 2.45) is 0 Å². The Kier molecular flexibility index (Phi) is 3.60. The van der Waals surface area contributed by atoms with Gasteiger partial charge >= 0.3 is 0 Å². The lowest BCUT2D eigenvalue weighted by molar-refractivity contribution is -0.126. The number of hydrogen-bond donors (Lipinski definition) is 1. The van der Waals surface area contributed by atoms with Gasteiger partial charge in [-0.2, -0.15) is 0 Å². The van der Waals surface area contributed by atoms with Crippen molar-refractivity contribution in [3.05, 3.63) is 35.4 Å². The van der Waals surface area contributed by atoms with Crippen LogP contribution in [-0.2, 0) is 11.3 Å². The normalized spacial score (nSPS) is 16.8. The Morgan fingerprint density at radius 1 is 1.40 bits per heavy atom. The van der Waals surface area contributed by atoms with Gasteiger partial charge in [0, 0.05) is 31.3 Å². The molecule has 0 aliphatic carbocycles. The molecule has 5 heteroatoms. The first-order valence-electron chi connectivity index (χ1n) is 6.78. The van der Waals surface area contributed by atoms with E-state index >= 15 is 0 Å². The summed E-state index contributed by atoms with van der Waals surface area (Å²) in [7, 11) is 1.82. The van der Waals surface area contributed by atoms with Crippen molar-refractivity contribution in [3.8, 4) is 11.5 Å². The lowest BCUT2D eigenvalue weighted by Gasteiger charge is -2.21. The summed E-state index contributed by atoms with van der Waals surface area (Å²) in [6.07, 6.45) is 2.76. The molecule has 1 aromatic rings. The van der Waals surface area contributed by atoms with Crippen LogP contribution in [0.5, 0.6) is 11.5 Å². The molecule has 0 spiro atoms. The average molecular weight is 274 g/mol. The number of hydrogen-bond acceptors (Lipinski definition) is 4. The molecule has 0 radical (unpaired) electrons. The number of benzene rings is 1. The van der Waals surface area contributed by atoms with Gasteiger partial charge in [-0.3, -0.25) is 4.79 Å². The molecule has 106 valence electrons. The molecule has 0 fully saturated rings. The Morgan fingerprint density at radius 2 is 2.30 bits per heavy atom. The van der Waals surface area contributed by atoms with Crippen molar-refractivity contribution in [2.45, 2.75) is 13.0 Å². The zero-order valence-electron chi connectivity index (χ0n) is 11.5. The topological polar surface area (TPSA) is 50.8 Å². The van der Waals surface area contributed by atoms with Gasteiger partial charge in [-0.25, -0.2) is 0 Å². The van der Waals surface area contributed by atoms with Gasteiger partial charge in [0.05, 0.1) is 0 Å². The molecule has 0 atom stereocenters. The van der Waals surface area contributed by atoms with Gasteiger partial charge in [0.1, 0.15) is 0 Å². The summed E-state index contributed by atoms with van der Waals surface area (Å²) in [5.41, 5.74) is 1.86. The molecule has 1 amide bonds. The summed E-state index contributed by atoms with van der Waals surface area (Å²) >= 11 is 0. The van der Waals surface area contributed by atoms with Crippen LogP contribution in [0.1, 0.15) is 12.0 Å². The van der Waals surface area contributed by atoms with Crippen LogP contribution in [0.25, 0.3) is 0 Å². The van der Waals surface area contributed by atoms with Crippen molar-refractivity contribution in [1.82, 2.24) is 10.2 Å². The molecule has 3 rings (SSSR count). The van der Waals surface area contributed by atoms with Crippen molar-refractivity contribution in [3.63, 3.8) is 0 Å². The fraction of sp³-hybridized carbons (Fsp3) is 0.400. The van der Waals surface area contributed by atoms with E-state index in [0.29, 0.717) is 6.54 Å². The Labute approximate surface area is 118 Å². The van der Waals surface area contributed by atoms with Crippen LogP contribution in [0, 0.1) is 0 Å². The second-order valence-electron chi connectivity index (χ2n) is 5.00. The van der Waals surface area contributed by atoms with Crippen LogP contribution in [0.3, 0.4) is 0 Å². The van der Waals surface area contributed by atoms with Gasteiger partial charge in [-0.05, 0) is 19.0 Å². The third-order valence-electron chi connectivity index (χ3n) is 3.57. The van der Waals surface area contributed by atoms with Gasteiger partial charge in [-0.1, -0.05) is 18.2 Å². The summed E-state index contributed by atoms with van der Waals surface area (Å²) < 4.78 is 10.8. The van der Waals surface area contributed by atoms with Crippen LogP contribution in [-0.4, -0.2) is 37.7 Å². The van der Waals surface area contributed by atoms with E-state index in [-0.39, 0.29) is 12.7 Å². The SMILES string of the molecule is CN(Cc1cccc2c1OCO2)C(=O)C1=CCNCC1. The maximum atomic E-state index is 12.4. The molecule has 0 bridgehead atoms. The monoisotopic (exact) mass is 274 g/mol. The van der Waals surface area contributed by atoms with E-state index in [1.165, 1.54) is 0 Å². The number of nitrogens with zero attached hydrogens (tertiary/aromatic N) is 1. The fourth-order valence-electron chi connectivity index (χ4n) is 2.50. The number of amides is 1. The average Bonchev–Trinajstić information content (AvgIpc) is 2.97. The van der Waals surface area contributed by atoms with Crippen LogP contribution in [0.4, 0.5) is 0 Å². The van der Waals surface area contributed by atoms with E-state index in [9.17, 15) is 4.79 Å². The minimum absolute atomic E-state index is 0.0861. The maximum absolute atomic E-state index is 12.4. The Bertz CT molecular complexity index is 554. The van der Waals surface area contributed by atoms with Crippen molar-refractivity contribution in [2.75, 3.05) is 26.9 Å². The number of fused-ring (bicyclic) bond motifs is 1. The first-order valence-corrected chi connectivity index (χ1v) is 6.78. The van der Waals surface area contributed by atoms with E-state index in [1.807, 2.05) is 31.3 Å². The molecule has 0 saturated heterocycles. The number of carbonyl (C=O) groups is 1. The third kappa shape index (κ3) is 2.49. The smallest absolute Gasteiger partial charge is 0.249 e. The quantitative estimate of drug-likeness (QED) is 0.902. The van der Waals surface area contributed by atoms with Crippen LogP contribution >= 0.6 is 0 Å². The summed E-state index contributed by atoms with van der Waals surface area (Å²) in [5, 5.41) is 3.21. The minimum atomic E-state index is 0.0861. The van der Waals surface area contributed by atoms with E-state index in [4.69, 9.17) is 9.47 Å². The molecule has 20 heavy (non-hydrogen) atoms. The number of rotatable bonds is 3. The molecule has 0 saturated carbocycles. The number of ether oxygens (including phenoxy) is 2. The second-order valence-corrected chi connectivity index (χ2v) is 5.00. The van der Waals surface area contributed by atoms with Gasteiger partial charge in [0.2, 0.25) is 12.7 Å². The zero-order chi connectivity index (χ0) is 13.9. The fourth-order valence-corrected chi connectivity index (χ4v) is 2.50. The highest BCUT2D eigenvalue weighted by molar-refractivity contribution is 5.93. The maximum Gasteiger partial charge on any atom is 0.249 e. The molecule has 0 aromatic heterocycles. The standard InChI is InChI=1S/C15H18N2O3/c1-17(15(18)11-5-7-16-8-6-11)9-12-3-2-4-13-14(12)20-10-19-13/h2-5,16H,6-10H2,1H3. The van der Waals surface area contributed by atoms with Gasteiger partial charge in [0.15, 0.2) is 11.5 Å². The predicted molar refractivity (Wildman–Crippen MR) is 74.6 cm³/mol. The second kappa shape index (κ2) is 5.54. The van der Waals surface area contributed by atoms with E-state index < -0.39 is 0 Å². The van der Waals surface area contributed by atoms with Gasteiger partial charge in [-0.15, -0.1) is 0 Å². The first kappa shape index (κ1) is 13.0. The molecule has 1 aromatic carbocycles. The molecular weight excluding hydrogens is 256 g/mol. The predicted octanol–water partition coefficient (Wildman–Crippen LogP) is 1.29. The Morgan fingerprint density at radius 3 is 3.10 bits per heavy atom. The molecule has 1 N–H and O–H groups in total. The van der Waals surface area contributed by atoms with Crippen LogP contribution < -0.4 is 14.8 Å². The molecule has 5 nitrogen and oxygen atoms in total. The van der Waals surface area contributed by atoms with Crippen LogP contribution in [0.15, 0.2) is 29.8 Å². The van der Waals surface area contributed by atoms with E-state index in [1.54, 1.807) is 4.90 Å². The highest BCUT2D eigenvalue weighted by Crippen LogP contribution is 2.35. The Balaban J connectivity index is 1.73. The van der Waals surface area contributed by atoms with Crippen molar-refractivity contribution in [1.29, 1.82) is 0 Å². The highest BCUT2D eigenvalue weighted by atomic mass is 16.7. The molecule has 2 heterocycles. The first-order chi connectivity index (χ1) is 9.75.